The molecule has 3 aromatic rings. The van der Waals surface area contributed by atoms with Crippen molar-refractivity contribution in [2.45, 2.75) is 18.8 Å². The summed E-state index contributed by atoms with van der Waals surface area (Å²) in [6.45, 7) is 1.49. The van der Waals surface area contributed by atoms with Crippen molar-refractivity contribution in [3.63, 3.8) is 0 Å². The highest BCUT2D eigenvalue weighted by Crippen LogP contribution is 2.29. The fourth-order valence-corrected chi connectivity index (χ4v) is 3.89. The molecule has 4 rings (SSSR count). The zero-order valence-corrected chi connectivity index (χ0v) is 15.0. The number of aromatic nitrogens is 3. The average molecular weight is 365 g/mol. The van der Waals surface area contributed by atoms with E-state index in [1.54, 1.807) is 6.20 Å². The number of anilines is 1. The molecule has 0 spiro atoms. The topological polar surface area (TPSA) is 71.0 Å². The molecule has 0 bridgehead atoms. The molecule has 1 aliphatic rings. The van der Waals surface area contributed by atoms with Crippen LogP contribution in [0.4, 0.5) is 9.93 Å². The van der Waals surface area contributed by atoms with Crippen molar-refractivity contribution in [3.8, 4) is 10.7 Å². The van der Waals surface area contributed by atoms with Crippen LogP contribution in [0.5, 0.6) is 0 Å². The monoisotopic (exact) mass is 365 g/mol. The molecule has 0 atom stereocenters. The number of rotatable bonds is 3. The number of amides is 2. The van der Waals surface area contributed by atoms with Crippen LogP contribution < -0.4 is 5.32 Å². The number of carbonyl (C=O) groups excluding carboxylic acids is 1. The van der Waals surface area contributed by atoms with Gasteiger partial charge in [-0.25, -0.2) is 4.79 Å². The standard InChI is InChI=1S/C19H19N5OS/c25-19(21-18-23-22-17(26-18)16-8-4-5-11-20-16)24-12-9-15(10-13-24)14-6-2-1-3-7-14/h1-8,11,15H,9-10,12-13H2,(H,21,23,25). The van der Waals surface area contributed by atoms with Crippen LogP contribution in [-0.2, 0) is 0 Å². The van der Waals surface area contributed by atoms with Gasteiger partial charge in [0, 0.05) is 19.3 Å². The highest BCUT2D eigenvalue weighted by Gasteiger charge is 2.24. The predicted octanol–water partition coefficient (Wildman–Crippen LogP) is 4.01. The number of piperidine rings is 1. The Morgan fingerprint density at radius 1 is 1.04 bits per heavy atom. The summed E-state index contributed by atoms with van der Waals surface area (Å²) in [4.78, 5) is 18.6. The van der Waals surface area contributed by atoms with Gasteiger partial charge >= 0.3 is 6.03 Å². The molecular formula is C19H19N5OS. The Morgan fingerprint density at radius 3 is 2.54 bits per heavy atom. The van der Waals surface area contributed by atoms with E-state index in [0.717, 1.165) is 31.6 Å². The van der Waals surface area contributed by atoms with Crippen LogP contribution in [0.3, 0.4) is 0 Å². The number of nitrogens with one attached hydrogen (secondary N) is 1. The van der Waals surface area contributed by atoms with E-state index in [2.05, 4.69) is 44.8 Å². The van der Waals surface area contributed by atoms with Gasteiger partial charge in [-0.2, -0.15) is 0 Å². The van der Waals surface area contributed by atoms with Gasteiger partial charge in [0.25, 0.3) is 0 Å². The maximum atomic E-state index is 12.5. The van der Waals surface area contributed by atoms with E-state index >= 15 is 0 Å². The predicted molar refractivity (Wildman–Crippen MR) is 102 cm³/mol. The van der Waals surface area contributed by atoms with Gasteiger partial charge in [-0.05, 0) is 36.5 Å². The zero-order chi connectivity index (χ0) is 17.8. The lowest BCUT2D eigenvalue weighted by Gasteiger charge is -2.31. The number of nitrogens with zero attached hydrogens (tertiary/aromatic N) is 4. The van der Waals surface area contributed by atoms with Gasteiger partial charge in [0.1, 0.15) is 5.69 Å². The van der Waals surface area contributed by atoms with Crippen molar-refractivity contribution in [1.29, 1.82) is 0 Å². The minimum absolute atomic E-state index is 0.111. The van der Waals surface area contributed by atoms with Crippen LogP contribution in [0, 0.1) is 0 Å². The van der Waals surface area contributed by atoms with Gasteiger partial charge in [0.15, 0.2) is 5.01 Å². The summed E-state index contributed by atoms with van der Waals surface area (Å²) in [5, 5.41) is 12.2. The number of hydrogen-bond donors (Lipinski definition) is 1. The van der Waals surface area contributed by atoms with E-state index in [-0.39, 0.29) is 6.03 Å². The summed E-state index contributed by atoms with van der Waals surface area (Å²) in [5.74, 6) is 0.525. The second-order valence-corrected chi connectivity index (χ2v) is 7.21. The van der Waals surface area contributed by atoms with Gasteiger partial charge < -0.3 is 4.90 Å². The van der Waals surface area contributed by atoms with Crippen LogP contribution in [0.2, 0.25) is 0 Å². The normalized spacial score (nSPS) is 15.0. The first-order valence-corrected chi connectivity index (χ1v) is 9.47. The zero-order valence-electron chi connectivity index (χ0n) is 14.2. The van der Waals surface area contributed by atoms with Crippen LogP contribution in [-0.4, -0.2) is 39.2 Å². The summed E-state index contributed by atoms with van der Waals surface area (Å²) in [6.07, 6.45) is 3.67. The smallest absolute Gasteiger partial charge is 0.323 e. The van der Waals surface area contributed by atoms with E-state index in [0.29, 0.717) is 16.1 Å². The van der Waals surface area contributed by atoms with Crippen LogP contribution >= 0.6 is 11.3 Å². The van der Waals surface area contributed by atoms with Crippen LogP contribution in [0.15, 0.2) is 54.7 Å². The summed E-state index contributed by atoms with van der Waals surface area (Å²) in [6, 6.07) is 16.0. The van der Waals surface area contributed by atoms with Crippen molar-refractivity contribution in [3.05, 3.63) is 60.3 Å². The van der Waals surface area contributed by atoms with Gasteiger partial charge in [0.05, 0.1) is 0 Å². The number of likely N-dealkylation sites (tertiary alicyclic amines) is 1. The van der Waals surface area contributed by atoms with Gasteiger partial charge in [-0.3, -0.25) is 10.3 Å². The Hall–Kier alpha value is -2.80. The third kappa shape index (κ3) is 3.72. The number of carbonyl (C=O) groups is 1. The Bertz CT molecular complexity index is 860. The highest BCUT2D eigenvalue weighted by molar-refractivity contribution is 7.18. The van der Waals surface area contributed by atoms with E-state index in [1.807, 2.05) is 29.2 Å². The summed E-state index contributed by atoms with van der Waals surface area (Å²) < 4.78 is 0. The molecule has 1 N–H and O–H groups in total. The molecule has 1 saturated heterocycles. The Balaban J connectivity index is 1.34. The van der Waals surface area contributed by atoms with Crippen LogP contribution in [0.25, 0.3) is 10.7 Å². The summed E-state index contributed by atoms with van der Waals surface area (Å²) >= 11 is 1.33. The second-order valence-electron chi connectivity index (χ2n) is 6.23. The van der Waals surface area contributed by atoms with E-state index < -0.39 is 0 Å². The van der Waals surface area contributed by atoms with E-state index in [1.165, 1.54) is 16.9 Å². The average Bonchev–Trinajstić information content (AvgIpc) is 3.18. The number of benzene rings is 1. The number of urea groups is 1. The maximum absolute atomic E-state index is 12.5. The van der Waals surface area contributed by atoms with Crippen molar-refractivity contribution >= 4 is 22.5 Å². The molecule has 2 amide bonds. The van der Waals surface area contributed by atoms with Crippen molar-refractivity contribution in [1.82, 2.24) is 20.1 Å². The molecule has 7 heteroatoms. The first kappa shape index (κ1) is 16.7. The Morgan fingerprint density at radius 2 is 1.81 bits per heavy atom. The van der Waals surface area contributed by atoms with Gasteiger partial charge in [0.2, 0.25) is 5.13 Å². The third-order valence-electron chi connectivity index (χ3n) is 4.58. The van der Waals surface area contributed by atoms with Crippen LogP contribution in [0.1, 0.15) is 24.3 Å². The third-order valence-corrected chi connectivity index (χ3v) is 5.44. The molecule has 6 nitrogen and oxygen atoms in total. The maximum Gasteiger partial charge on any atom is 0.323 e. The van der Waals surface area contributed by atoms with Crippen molar-refractivity contribution in [2.75, 3.05) is 18.4 Å². The number of hydrogen-bond acceptors (Lipinski definition) is 5. The molecule has 1 aromatic carbocycles. The molecule has 0 unspecified atom stereocenters. The minimum Gasteiger partial charge on any atom is -0.324 e. The lowest BCUT2D eigenvalue weighted by molar-refractivity contribution is 0.194. The molecule has 3 heterocycles. The second kappa shape index (κ2) is 7.61. The SMILES string of the molecule is O=C(Nc1nnc(-c2ccccn2)s1)N1CCC(c2ccccc2)CC1. The number of pyridine rings is 1. The summed E-state index contributed by atoms with van der Waals surface area (Å²) in [7, 11) is 0. The highest BCUT2D eigenvalue weighted by atomic mass is 32.1. The minimum atomic E-state index is -0.111. The molecule has 1 fully saturated rings. The molecule has 2 aromatic heterocycles. The fraction of sp³-hybridized carbons (Fsp3) is 0.263. The molecule has 1 aliphatic heterocycles. The summed E-state index contributed by atoms with van der Waals surface area (Å²) in [5.41, 5.74) is 2.12. The Labute approximate surface area is 155 Å². The van der Waals surface area contributed by atoms with Crippen molar-refractivity contribution < 1.29 is 4.79 Å². The molecule has 0 aliphatic carbocycles. The first-order chi connectivity index (χ1) is 12.8. The van der Waals surface area contributed by atoms with Crippen molar-refractivity contribution in [2.24, 2.45) is 0 Å². The molecule has 0 saturated carbocycles. The molecule has 0 radical (unpaired) electrons. The van der Waals surface area contributed by atoms with Gasteiger partial charge in [-0.1, -0.05) is 47.7 Å². The Kier molecular flexibility index (Phi) is 4.88. The molecular weight excluding hydrogens is 346 g/mol. The lowest BCUT2D eigenvalue weighted by atomic mass is 9.90. The molecule has 132 valence electrons. The quantitative estimate of drug-likeness (QED) is 0.761. The van der Waals surface area contributed by atoms with E-state index in [4.69, 9.17) is 0 Å². The fourth-order valence-electron chi connectivity index (χ4n) is 3.18. The lowest BCUT2D eigenvalue weighted by Crippen LogP contribution is -2.40. The van der Waals surface area contributed by atoms with Gasteiger partial charge in [-0.15, -0.1) is 10.2 Å². The largest absolute Gasteiger partial charge is 0.324 e. The first-order valence-electron chi connectivity index (χ1n) is 8.65. The molecule has 26 heavy (non-hydrogen) atoms. The van der Waals surface area contributed by atoms with E-state index in [9.17, 15) is 4.79 Å².